The van der Waals surface area contributed by atoms with Gasteiger partial charge in [0.15, 0.2) is 0 Å². The lowest BCUT2D eigenvalue weighted by atomic mass is 10.1. The van der Waals surface area contributed by atoms with Crippen molar-refractivity contribution >= 4 is 28.6 Å². The molecule has 2 heterocycles. The van der Waals surface area contributed by atoms with Gasteiger partial charge in [-0.05, 0) is 49.2 Å². The molecule has 2 N–H and O–H groups in total. The number of amides is 1. The smallest absolute Gasteiger partial charge is 0.337 e. The van der Waals surface area contributed by atoms with Crippen molar-refractivity contribution in [3.8, 4) is 11.4 Å². The van der Waals surface area contributed by atoms with E-state index in [0.717, 1.165) is 37.1 Å². The number of nitrogens with one attached hydrogen (secondary N) is 1. The van der Waals surface area contributed by atoms with E-state index < -0.39 is 5.97 Å². The van der Waals surface area contributed by atoms with Crippen molar-refractivity contribution in [1.29, 1.82) is 0 Å². The molecular weight excluding hydrogens is 330 g/mol. The molecular formula is C20H19N3O3. The van der Waals surface area contributed by atoms with Crippen LogP contribution in [0.1, 0.15) is 36.0 Å². The Hall–Kier alpha value is -3.15. The predicted octanol–water partition coefficient (Wildman–Crippen LogP) is 3.84. The first kappa shape index (κ1) is 16.3. The minimum absolute atomic E-state index is 0.171. The Morgan fingerprint density at radius 1 is 1.08 bits per heavy atom. The maximum Gasteiger partial charge on any atom is 0.337 e. The topological polar surface area (TPSA) is 86.3 Å². The number of rotatable bonds is 3. The van der Waals surface area contributed by atoms with Crippen LogP contribution in [0.4, 0.5) is 5.69 Å². The Labute approximate surface area is 150 Å². The van der Waals surface area contributed by atoms with E-state index in [4.69, 9.17) is 0 Å². The number of benzene rings is 2. The molecule has 0 bridgehead atoms. The lowest BCUT2D eigenvalue weighted by Gasteiger charge is -2.20. The number of carbonyl (C=O) groups is 2. The number of imidazole rings is 1. The van der Waals surface area contributed by atoms with Crippen molar-refractivity contribution < 1.29 is 14.7 Å². The van der Waals surface area contributed by atoms with Crippen LogP contribution in [0.3, 0.4) is 0 Å². The molecule has 6 nitrogen and oxygen atoms in total. The van der Waals surface area contributed by atoms with E-state index in [0.29, 0.717) is 23.3 Å². The van der Waals surface area contributed by atoms with E-state index in [2.05, 4.69) is 9.97 Å². The number of hydrogen-bond donors (Lipinski definition) is 2. The van der Waals surface area contributed by atoms with Gasteiger partial charge in [-0.15, -0.1) is 0 Å². The number of anilines is 1. The third-order valence-electron chi connectivity index (χ3n) is 4.77. The number of para-hydroxylation sites is 1. The molecule has 0 atom stereocenters. The van der Waals surface area contributed by atoms with Crippen molar-refractivity contribution in [2.75, 3.05) is 11.4 Å². The Morgan fingerprint density at radius 2 is 1.88 bits per heavy atom. The molecule has 1 aliphatic rings. The van der Waals surface area contributed by atoms with Crippen LogP contribution in [-0.2, 0) is 4.79 Å². The van der Waals surface area contributed by atoms with E-state index in [1.54, 1.807) is 12.1 Å². The summed E-state index contributed by atoms with van der Waals surface area (Å²) in [6, 6.07) is 12.7. The molecule has 132 valence electrons. The van der Waals surface area contributed by atoms with Crippen LogP contribution in [-0.4, -0.2) is 33.5 Å². The number of H-pyrrole nitrogens is 1. The molecule has 1 saturated heterocycles. The van der Waals surface area contributed by atoms with Crippen molar-refractivity contribution in [2.45, 2.75) is 25.7 Å². The summed E-state index contributed by atoms with van der Waals surface area (Å²) in [4.78, 5) is 33.1. The monoisotopic (exact) mass is 349 g/mol. The second-order valence-electron chi connectivity index (χ2n) is 6.50. The van der Waals surface area contributed by atoms with Gasteiger partial charge in [0.1, 0.15) is 11.3 Å². The van der Waals surface area contributed by atoms with Crippen molar-refractivity contribution in [3.63, 3.8) is 0 Å². The molecule has 6 heteroatoms. The van der Waals surface area contributed by atoms with Crippen LogP contribution in [0, 0.1) is 0 Å². The number of carbonyl (C=O) groups excluding carboxylic acids is 1. The quantitative estimate of drug-likeness (QED) is 0.752. The average molecular weight is 349 g/mol. The summed E-state index contributed by atoms with van der Waals surface area (Å²) in [5.74, 6) is -0.212. The molecule has 3 aromatic rings. The first-order valence-electron chi connectivity index (χ1n) is 8.76. The highest BCUT2D eigenvalue weighted by Gasteiger charge is 2.18. The maximum atomic E-state index is 12.2. The Kier molecular flexibility index (Phi) is 4.16. The fourth-order valence-electron chi connectivity index (χ4n) is 3.40. The molecule has 1 amide bonds. The summed E-state index contributed by atoms with van der Waals surface area (Å²) in [7, 11) is 0. The molecule has 0 unspecified atom stereocenters. The lowest BCUT2D eigenvalue weighted by Crippen LogP contribution is -2.29. The molecule has 0 saturated carbocycles. The zero-order chi connectivity index (χ0) is 18.1. The van der Waals surface area contributed by atoms with Crippen LogP contribution in [0.5, 0.6) is 0 Å². The Balaban J connectivity index is 1.67. The molecule has 0 radical (unpaired) electrons. The van der Waals surface area contributed by atoms with Gasteiger partial charge in [-0.3, -0.25) is 4.79 Å². The Bertz CT molecular complexity index is 976. The first-order valence-corrected chi connectivity index (χ1v) is 8.76. The van der Waals surface area contributed by atoms with Gasteiger partial charge in [0.2, 0.25) is 5.91 Å². The predicted molar refractivity (Wildman–Crippen MR) is 99.3 cm³/mol. The highest BCUT2D eigenvalue weighted by atomic mass is 16.4. The lowest BCUT2D eigenvalue weighted by molar-refractivity contribution is -0.118. The van der Waals surface area contributed by atoms with Gasteiger partial charge in [0.25, 0.3) is 0 Å². The number of carboxylic acid groups (broad SMARTS) is 1. The molecule has 0 spiro atoms. The zero-order valence-corrected chi connectivity index (χ0v) is 14.2. The molecule has 1 fully saturated rings. The van der Waals surface area contributed by atoms with Gasteiger partial charge in [-0.25, -0.2) is 9.78 Å². The average Bonchev–Trinajstić information content (AvgIpc) is 2.97. The number of hydrogen-bond acceptors (Lipinski definition) is 3. The largest absolute Gasteiger partial charge is 0.478 e. The summed E-state index contributed by atoms with van der Waals surface area (Å²) in [5.41, 5.74) is 3.05. The van der Waals surface area contributed by atoms with E-state index in [1.165, 1.54) is 0 Å². The minimum Gasteiger partial charge on any atom is -0.478 e. The van der Waals surface area contributed by atoms with Crippen LogP contribution in [0.25, 0.3) is 22.4 Å². The van der Waals surface area contributed by atoms with Gasteiger partial charge in [0.05, 0.1) is 11.1 Å². The highest BCUT2D eigenvalue weighted by Crippen LogP contribution is 2.26. The summed E-state index contributed by atoms with van der Waals surface area (Å²) in [5, 5.41) is 9.30. The number of aromatic nitrogens is 2. The van der Waals surface area contributed by atoms with Crippen molar-refractivity contribution in [2.24, 2.45) is 0 Å². The van der Waals surface area contributed by atoms with E-state index in [-0.39, 0.29) is 11.5 Å². The van der Waals surface area contributed by atoms with Crippen molar-refractivity contribution in [3.05, 3.63) is 48.0 Å². The summed E-state index contributed by atoms with van der Waals surface area (Å²) < 4.78 is 0. The molecule has 26 heavy (non-hydrogen) atoms. The number of nitrogens with zero attached hydrogens (tertiary/aromatic N) is 2. The first-order chi connectivity index (χ1) is 12.6. The van der Waals surface area contributed by atoms with Gasteiger partial charge in [-0.2, -0.15) is 0 Å². The number of aromatic carboxylic acids is 1. The fraction of sp³-hybridized carbons (Fsp3) is 0.250. The minimum atomic E-state index is -0.997. The summed E-state index contributed by atoms with van der Waals surface area (Å²) in [6.07, 6.45) is 3.67. The van der Waals surface area contributed by atoms with E-state index >= 15 is 0 Å². The number of carboxylic acids is 1. The second kappa shape index (κ2) is 6.63. The third-order valence-corrected chi connectivity index (χ3v) is 4.77. The van der Waals surface area contributed by atoms with Crippen LogP contribution in [0.15, 0.2) is 42.5 Å². The molecule has 1 aliphatic heterocycles. The molecule has 0 aliphatic carbocycles. The van der Waals surface area contributed by atoms with E-state index in [9.17, 15) is 14.7 Å². The van der Waals surface area contributed by atoms with Crippen LogP contribution in [0.2, 0.25) is 0 Å². The van der Waals surface area contributed by atoms with Crippen LogP contribution < -0.4 is 4.90 Å². The summed E-state index contributed by atoms with van der Waals surface area (Å²) >= 11 is 0. The van der Waals surface area contributed by atoms with Gasteiger partial charge < -0.3 is 15.0 Å². The van der Waals surface area contributed by atoms with Gasteiger partial charge >= 0.3 is 5.97 Å². The summed E-state index contributed by atoms with van der Waals surface area (Å²) in [6.45, 7) is 0.755. The Morgan fingerprint density at radius 3 is 2.65 bits per heavy atom. The third kappa shape index (κ3) is 2.94. The standard InChI is InChI=1S/C20H19N3O3/c24-17-7-2-1-3-12-23(17)14-10-8-13(9-11-14)19-21-16-6-4-5-15(20(25)26)18(16)22-19/h4-6,8-11H,1-3,7,12H2,(H,21,22)(H,25,26). The second-order valence-corrected chi connectivity index (χ2v) is 6.50. The van der Waals surface area contributed by atoms with Crippen LogP contribution >= 0.6 is 0 Å². The van der Waals surface area contributed by atoms with E-state index in [1.807, 2.05) is 35.2 Å². The molecule has 4 rings (SSSR count). The van der Waals surface area contributed by atoms with Crippen molar-refractivity contribution in [1.82, 2.24) is 9.97 Å². The number of fused-ring (bicyclic) bond motifs is 1. The molecule has 1 aromatic heterocycles. The fourth-order valence-corrected chi connectivity index (χ4v) is 3.40. The SMILES string of the molecule is O=C(O)c1cccc2[nH]c(-c3ccc(N4CCCCCC4=O)cc3)nc12. The van der Waals surface area contributed by atoms with Gasteiger partial charge in [-0.1, -0.05) is 12.5 Å². The maximum absolute atomic E-state index is 12.2. The number of aromatic amines is 1. The van der Waals surface area contributed by atoms with Gasteiger partial charge in [0, 0.05) is 24.2 Å². The molecule has 2 aromatic carbocycles. The highest BCUT2D eigenvalue weighted by molar-refractivity contribution is 6.01. The zero-order valence-electron chi connectivity index (χ0n) is 14.2. The normalized spacial score (nSPS) is 15.2.